The van der Waals surface area contributed by atoms with Crippen molar-refractivity contribution in [3.63, 3.8) is 0 Å². The molecule has 0 bridgehead atoms. The van der Waals surface area contributed by atoms with Gasteiger partial charge in [0.15, 0.2) is 0 Å². The molecule has 0 saturated heterocycles. The lowest BCUT2D eigenvalue weighted by Crippen LogP contribution is -2.13. The van der Waals surface area contributed by atoms with Crippen molar-refractivity contribution in [1.82, 2.24) is 4.98 Å². The summed E-state index contributed by atoms with van der Waals surface area (Å²) in [6.45, 7) is 2.04. The van der Waals surface area contributed by atoms with Gasteiger partial charge in [0, 0.05) is 10.9 Å². The summed E-state index contributed by atoms with van der Waals surface area (Å²) < 4.78 is 1.03. The SMILES string of the molecule is Cc1ccc(Br)cc1CCC(=O)Nc1ccc(N)cn1. The fraction of sp³-hybridized carbons (Fsp3) is 0.200. The van der Waals surface area contributed by atoms with Crippen molar-refractivity contribution >= 4 is 33.3 Å². The number of amides is 1. The predicted octanol–water partition coefficient (Wildman–Crippen LogP) is 3.31. The molecule has 0 aliphatic heterocycles. The molecule has 2 aromatic rings. The first-order valence-electron chi connectivity index (χ1n) is 6.31. The standard InChI is InChI=1S/C15H16BrN3O/c1-10-2-4-12(16)8-11(10)3-7-15(20)19-14-6-5-13(17)9-18-14/h2,4-6,8-9H,3,7,17H2,1H3,(H,18,19,20). The highest BCUT2D eigenvalue weighted by molar-refractivity contribution is 9.10. The third-order valence-electron chi connectivity index (χ3n) is 2.99. The zero-order chi connectivity index (χ0) is 14.5. The van der Waals surface area contributed by atoms with E-state index >= 15 is 0 Å². The summed E-state index contributed by atoms with van der Waals surface area (Å²) >= 11 is 3.44. The number of halogens is 1. The number of carbonyl (C=O) groups is 1. The molecule has 3 N–H and O–H groups in total. The molecule has 1 amide bonds. The Labute approximate surface area is 126 Å². The first-order chi connectivity index (χ1) is 9.54. The Hall–Kier alpha value is -1.88. The number of benzene rings is 1. The van der Waals surface area contributed by atoms with Gasteiger partial charge in [0.05, 0.1) is 11.9 Å². The van der Waals surface area contributed by atoms with E-state index in [1.54, 1.807) is 12.1 Å². The molecule has 0 atom stereocenters. The van der Waals surface area contributed by atoms with Crippen molar-refractivity contribution in [2.75, 3.05) is 11.1 Å². The maximum Gasteiger partial charge on any atom is 0.225 e. The van der Waals surface area contributed by atoms with Gasteiger partial charge in [0.1, 0.15) is 5.82 Å². The predicted molar refractivity (Wildman–Crippen MR) is 84.5 cm³/mol. The first kappa shape index (κ1) is 14.5. The molecule has 0 spiro atoms. The molecule has 0 unspecified atom stereocenters. The van der Waals surface area contributed by atoms with Crippen molar-refractivity contribution in [2.45, 2.75) is 19.8 Å². The van der Waals surface area contributed by atoms with Crippen LogP contribution < -0.4 is 11.1 Å². The Morgan fingerprint density at radius 2 is 2.15 bits per heavy atom. The van der Waals surface area contributed by atoms with Crippen LogP contribution >= 0.6 is 15.9 Å². The largest absolute Gasteiger partial charge is 0.397 e. The van der Waals surface area contributed by atoms with Gasteiger partial charge in [-0.2, -0.15) is 0 Å². The van der Waals surface area contributed by atoms with Crippen molar-refractivity contribution in [1.29, 1.82) is 0 Å². The Morgan fingerprint density at radius 3 is 2.85 bits per heavy atom. The van der Waals surface area contributed by atoms with Gasteiger partial charge < -0.3 is 11.1 Å². The number of pyridine rings is 1. The number of carbonyl (C=O) groups excluding carboxylic acids is 1. The number of anilines is 2. The minimum Gasteiger partial charge on any atom is -0.397 e. The number of nitrogens with two attached hydrogens (primary N) is 1. The highest BCUT2D eigenvalue weighted by Gasteiger charge is 2.06. The van der Waals surface area contributed by atoms with Gasteiger partial charge in [-0.25, -0.2) is 4.98 Å². The lowest BCUT2D eigenvalue weighted by molar-refractivity contribution is -0.116. The number of aryl methyl sites for hydroxylation is 2. The van der Waals surface area contributed by atoms with Gasteiger partial charge in [-0.15, -0.1) is 0 Å². The van der Waals surface area contributed by atoms with Gasteiger partial charge in [0.25, 0.3) is 0 Å². The Kier molecular flexibility index (Phi) is 4.74. The van der Waals surface area contributed by atoms with Crippen LogP contribution in [0.15, 0.2) is 41.0 Å². The summed E-state index contributed by atoms with van der Waals surface area (Å²) in [6.07, 6.45) is 2.64. The number of nitrogens with one attached hydrogen (secondary N) is 1. The maximum absolute atomic E-state index is 11.9. The molecular weight excluding hydrogens is 318 g/mol. The van der Waals surface area contributed by atoms with E-state index < -0.39 is 0 Å². The summed E-state index contributed by atoms with van der Waals surface area (Å²) in [6, 6.07) is 9.48. The molecule has 0 aliphatic rings. The topological polar surface area (TPSA) is 68.0 Å². The molecule has 0 saturated carbocycles. The van der Waals surface area contributed by atoms with Crippen LogP contribution in [0.5, 0.6) is 0 Å². The second-order valence-electron chi connectivity index (χ2n) is 4.60. The number of aromatic nitrogens is 1. The van der Waals surface area contributed by atoms with Crippen LogP contribution in [0.2, 0.25) is 0 Å². The van der Waals surface area contributed by atoms with Gasteiger partial charge in [-0.3, -0.25) is 4.79 Å². The summed E-state index contributed by atoms with van der Waals surface area (Å²) in [4.78, 5) is 15.9. The third-order valence-corrected chi connectivity index (χ3v) is 3.48. The smallest absolute Gasteiger partial charge is 0.225 e. The van der Waals surface area contributed by atoms with Gasteiger partial charge in [-0.1, -0.05) is 22.0 Å². The minimum atomic E-state index is -0.0540. The fourth-order valence-electron chi connectivity index (χ4n) is 1.84. The summed E-state index contributed by atoms with van der Waals surface area (Å²) in [5, 5.41) is 2.76. The molecule has 4 nitrogen and oxygen atoms in total. The first-order valence-corrected chi connectivity index (χ1v) is 7.10. The van der Waals surface area contributed by atoms with E-state index in [1.807, 2.05) is 25.1 Å². The molecule has 5 heteroatoms. The highest BCUT2D eigenvalue weighted by Crippen LogP contribution is 2.17. The zero-order valence-corrected chi connectivity index (χ0v) is 12.8. The van der Waals surface area contributed by atoms with Crippen LogP contribution in [0.25, 0.3) is 0 Å². The molecule has 0 aliphatic carbocycles. The van der Waals surface area contributed by atoms with Crippen molar-refractivity contribution in [3.05, 3.63) is 52.1 Å². The van der Waals surface area contributed by atoms with Crippen molar-refractivity contribution in [2.24, 2.45) is 0 Å². The molecular formula is C15H16BrN3O. The molecule has 0 radical (unpaired) electrons. The summed E-state index contributed by atoms with van der Waals surface area (Å²) in [5.41, 5.74) is 8.47. The molecule has 20 heavy (non-hydrogen) atoms. The van der Waals surface area contributed by atoms with Crippen LogP contribution in [-0.4, -0.2) is 10.9 Å². The molecule has 1 heterocycles. The second kappa shape index (κ2) is 6.52. The molecule has 104 valence electrons. The molecule has 1 aromatic heterocycles. The number of nitrogen functional groups attached to an aromatic ring is 1. The average Bonchev–Trinajstić information content (AvgIpc) is 2.42. The molecule has 2 rings (SSSR count). The quantitative estimate of drug-likeness (QED) is 0.901. The Morgan fingerprint density at radius 1 is 1.35 bits per heavy atom. The Balaban J connectivity index is 1.92. The molecule has 1 aromatic carbocycles. The Bertz CT molecular complexity index is 611. The van der Waals surface area contributed by atoms with E-state index in [2.05, 4.69) is 26.2 Å². The van der Waals surface area contributed by atoms with Crippen LogP contribution in [-0.2, 0) is 11.2 Å². The van der Waals surface area contributed by atoms with Crippen LogP contribution in [0.3, 0.4) is 0 Å². The van der Waals surface area contributed by atoms with E-state index in [0.717, 1.165) is 4.47 Å². The maximum atomic E-state index is 11.9. The van der Waals surface area contributed by atoms with Crippen LogP contribution in [0.4, 0.5) is 11.5 Å². The number of hydrogen-bond acceptors (Lipinski definition) is 3. The lowest BCUT2D eigenvalue weighted by atomic mass is 10.0. The number of rotatable bonds is 4. The normalized spacial score (nSPS) is 10.3. The molecule has 0 fully saturated rings. The zero-order valence-electron chi connectivity index (χ0n) is 11.2. The lowest BCUT2D eigenvalue weighted by Gasteiger charge is -2.07. The second-order valence-corrected chi connectivity index (χ2v) is 5.51. The van der Waals surface area contributed by atoms with E-state index in [1.165, 1.54) is 17.3 Å². The van der Waals surface area contributed by atoms with E-state index in [9.17, 15) is 4.79 Å². The van der Waals surface area contributed by atoms with Gasteiger partial charge >= 0.3 is 0 Å². The minimum absolute atomic E-state index is 0.0540. The van der Waals surface area contributed by atoms with Crippen molar-refractivity contribution < 1.29 is 4.79 Å². The fourth-order valence-corrected chi connectivity index (χ4v) is 2.25. The number of nitrogens with zero attached hydrogens (tertiary/aromatic N) is 1. The third kappa shape index (κ3) is 4.06. The van der Waals surface area contributed by atoms with Crippen LogP contribution in [0, 0.1) is 6.92 Å². The van der Waals surface area contributed by atoms with E-state index in [-0.39, 0.29) is 5.91 Å². The van der Waals surface area contributed by atoms with Gasteiger partial charge in [-0.05, 0) is 48.7 Å². The van der Waals surface area contributed by atoms with Gasteiger partial charge in [0.2, 0.25) is 5.91 Å². The van der Waals surface area contributed by atoms with Crippen LogP contribution in [0.1, 0.15) is 17.5 Å². The summed E-state index contributed by atoms with van der Waals surface area (Å²) in [7, 11) is 0. The summed E-state index contributed by atoms with van der Waals surface area (Å²) in [5.74, 6) is 0.469. The van der Waals surface area contributed by atoms with Crippen molar-refractivity contribution in [3.8, 4) is 0 Å². The monoisotopic (exact) mass is 333 g/mol. The highest BCUT2D eigenvalue weighted by atomic mass is 79.9. The number of hydrogen-bond donors (Lipinski definition) is 2. The van der Waals surface area contributed by atoms with E-state index in [4.69, 9.17) is 5.73 Å². The van der Waals surface area contributed by atoms with E-state index in [0.29, 0.717) is 24.3 Å². The average molecular weight is 334 g/mol.